The number of amides is 2. The Morgan fingerprint density at radius 3 is 2.38 bits per heavy atom. The van der Waals surface area contributed by atoms with E-state index in [4.69, 9.17) is 4.74 Å². The summed E-state index contributed by atoms with van der Waals surface area (Å²) in [5, 5.41) is 3.32. The van der Waals surface area contributed by atoms with E-state index in [0.29, 0.717) is 26.1 Å². The van der Waals surface area contributed by atoms with E-state index in [-0.39, 0.29) is 11.8 Å². The molecule has 34 heavy (non-hydrogen) atoms. The molecule has 0 radical (unpaired) electrons. The van der Waals surface area contributed by atoms with E-state index in [1.807, 2.05) is 84.9 Å². The number of ether oxygens (including phenoxy) is 1. The topological polar surface area (TPSA) is 61.9 Å². The molecule has 0 bridgehead atoms. The highest BCUT2D eigenvalue weighted by Gasteiger charge is 2.38. The fourth-order valence-corrected chi connectivity index (χ4v) is 4.50. The van der Waals surface area contributed by atoms with E-state index in [0.717, 1.165) is 22.4 Å². The number of hydrogen-bond donors (Lipinski definition) is 1. The van der Waals surface area contributed by atoms with Crippen molar-refractivity contribution in [1.82, 2.24) is 15.1 Å². The van der Waals surface area contributed by atoms with Crippen LogP contribution < -0.4 is 10.1 Å². The Morgan fingerprint density at radius 2 is 1.68 bits per heavy atom. The van der Waals surface area contributed by atoms with Crippen LogP contribution >= 0.6 is 0 Å². The lowest BCUT2D eigenvalue weighted by atomic mass is 9.98. The van der Waals surface area contributed by atoms with Crippen LogP contribution in [0.15, 0.2) is 84.9 Å². The largest absolute Gasteiger partial charge is 0.496 e. The second-order valence-electron chi connectivity index (χ2n) is 8.54. The molecule has 176 valence electrons. The van der Waals surface area contributed by atoms with Crippen molar-refractivity contribution in [2.45, 2.75) is 25.0 Å². The number of benzene rings is 3. The summed E-state index contributed by atoms with van der Waals surface area (Å²) < 4.78 is 5.47. The summed E-state index contributed by atoms with van der Waals surface area (Å²) in [4.78, 5) is 30.9. The predicted octanol–water partition coefficient (Wildman–Crippen LogP) is 3.44. The lowest BCUT2D eigenvalue weighted by Gasteiger charge is -2.39. The molecule has 0 aromatic heterocycles. The van der Waals surface area contributed by atoms with Gasteiger partial charge in [-0.05, 0) is 17.2 Å². The van der Waals surface area contributed by atoms with Crippen molar-refractivity contribution in [2.75, 3.05) is 27.2 Å². The molecular formula is C28H31N3O3. The number of hydrogen-bond acceptors (Lipinski definition) is 4. The van der Waals surface area contributed by atoms with Crippen molar-refractivity contribution >= 4 is 11.8 Å². The number of carbonyl (C=O) groups is 2. The highest BCUT2D eigenvalue weighted by molar-refractivity contribution is 5.91. The number of para-hydroxylation sites is 1. The number of methoxy groups -OCH3 is 1. The average Bonchev–Trinajstić information content (AvgIpc) is 2.88. The Kier molecular flexibility index (Phi) is 7.60. The maximum absolute atomic E-state index is 13.8. The first-order chi connectivity index (χ1) is 16.6. The van der Waals surface area contributed by atoms with Crippen LogP contribution in [0, 0.1) is 0 Å². The van der Waals surface area contributed by atoms with E-state index in [1.165, 1.54) is 0 Å². The quantitative estimate of drug-likeness (QED) is 0.563. The molecular weight excluding hydrogens is 426 g/mol. The number of piperazine rings is 1. The van der Waals surface area contributed by atoms with Gasteiger partial charge in [0.25, 0.3) is 0 Å². The van der Waals surface area contributed by atoms with E-state index < -0.39 is 12.1 Å². The summed E-state index contributed by atoms with van der Waals surface area (Å²) in [6.45, 7) is 1.50. The first kappa shape index (κ1) is 23.5. The normalized spacial score (nSPS) is 16.7. The van der Waals surface area contributed by atoms with Gasteiger partial charge < -0.3 is 19.9 Å². The van der Waals surface area contributed by atoms with Crippen molar-refractivity contribution in [1.29, 1.82) is 0 Å². The SMILES string of the molecule is COc1ccccc1CN(C)C(=O)[C@H](Cc1ccccc1)N1CCNC(c2ccccc2)C1=O. The zero-order valence-corrected chi connectivity index (χ0v) is 19.7. The summed E-state index contributed by atoms with van der Waals surface area (Å²) in [5.74, 6) is 0.582. The molecule has 1 aliphatic rings. The highest BCUT2D eigenvalue weighted by Crippen LogP contribution is 2.24. The van der Waals surface area contributed by atoms with Crippen LogP contribution in [0.2, 0.25) is 0 Å². The fourth-order valence-electron chi connectivity index (χ4n) is 4.50. The molecule has 0 saturated carbocycles. The molecule has 4 rings (SSSR count). The third-order valence-electron chi connectivity index (χ3n) is 6.27. The fraction of sp³-hybridized carbons (Fsp3) is 0.286. The van der Waals surface area contributed by atoms with E-state index in [9.17, 15) is 9.59 Å². The monoisotopic (exact) mass is 457 g/mol. The van der Waals surface area contributed by atoms with Gasteiger partial charge in [0.2, 0.25) is 11.8 Å². The molecule has 1 unspecified atom stereocenters. The zero-order valence-electron chi connectivity index (χ0n) is 19.7. The Balaban J connectivity index is 1.60. The summed E-state index contributed by atoms with van der Waals surface area (Å²) in [5.41, 5.74) is 2.85. The van der Waals surface area contributed by atoms with Crippen LogP contribution in [-0.4, -0.2) is 54.9 Å². The maximum Gasteiger partial charge on any atom is 0.245 e. The van der Waals surface area contributed by atoms with Gasteiger partial charge in [0, 0.05) is 38.7 Å². The second kappa shape index (κ2) is 11.0. The van der Waals surface area contributed by atoms with Crippen molar-refractivity contribution < 1.29 is 14.3 Å². The van der Waals surface area contributed by atoms with Gasteiger partial charge in [0.05, 0.1) is 7.11 Å². The molecule has 3 aromatic rings. The van der Waals surface area contributed by atoms with Gasteiger partial charge in [-0.25, -0.2) is 0 Å². The lowest BCUT2D eigenvalue weighted by molar-refractivity contribution is -0.148. The number of rotatable bonds is 8. The van der Waals surface area contributed by atoms with Crippen LogP contribution in [0.1, 0.15) is 22.7 Å². The Hall–Kier alpha value is -3.64. The lowest BCUT2D eigenvalue weighted by Crippen LogP contribution is -2.58. The summed E-state index contributed by atoms with van der Waals surface area (Å²) >= 11 is 0. The highest BCUT2D eigenvalue weighted by atomic mass is 16.5. The molecule has 1 heterocycles. The molecule has 1 saturated heterocycles. The Morgan fingerprint density at radius 1 is 1.03 bits per heavy atom. The van der Waals surface area contributed by atoms with Gasteiger partial charge in [0.15, 0.2) is 0 Å². The van der Waals surface area contributed by atoms with E-state index >= 15 is 0 Å². The van der Waals surface area contributed by atoms with Gasteiger partial charge in [-0.3, -0.25) is 9.59 Å². The first-order valence-corrected chi connectivity index (χ1v) is 11.6. The molecule has 2 amide bonds. The van der Waals surface area contributed by atoms with Crippen LogP contribution in [0.5, 0.6) is 5.75 Å². The van der Waals surface area contributed by atoms with E-state index in [1.54, 1.807) is 24.0 Å². The smallest absolute Gasteiger partial charge is 0.245 e. The average molecular weight is 458 g/mol. The first-order valence-electron chi connectivity index (χ1n) is 11.6. The Labute approximate surface area is 201 Å². The molecule has 1 N–H and O–H groups in total. The van der Waals surface area contributed by atoms with Gasteiger partial charge >= 0.3 is 0 Å². The molecule has 2 atom stereocenters. The number of nitrogens with zero attached hydrogens (tertiary/aromatic N) is 2. The molecule has 0 aliphatic carbocycles. The summed E-state index contributed by atoms with van der Waals surface area (Å²) in [7, 11) is 3.41. The van der Waals surface area contributed by atoms with Crippen molar-refractivity contribution in [3.8, 4) is 5.75 Å². The van der Waals surface area contributed by atoms with Gasteiger partial charge in [-0.15, -0.1) is 0 Å². The zero-order chi connectivity index (χ0) is 23.9. The summed E-state index contributed by atoms with van der Waals surface area (Å²) in [6.07, 6.45) is 0.461. The van der Waals surface area contributed by atoms with Crippen molar-refractivity contribution in [2.24, 2.45) is 0 Å². The minimum absolute atomic E-state index is 0.0718. The number of likely N-dealkylation sites (N-methyl/N-ethyl adjacent to an activating group) is 1. The maximum atomic E-state index is 13.8. The Bertz CT molecular complexity index is 1100. The standard InChI is InChI=1S/C28H31N3O3/c1-30(20-23-15-9-10-16-25(23)34-2)27(32)24(19-21-11-5-3-6-12-21)31-18-17-29-26(28(31)33)22-13-7-4-8-14-22/h3-16,24,26,29H,17-20H2,1-2H3/t24-,26?/m0/s1. The molecule has 1 fully saturated rings. The van der Waals surface area contributed by atoms with Crippen LogP contribution in [0.25, 0.3) is 0 Å². The van der Waals surface area contributed by atoms with Gasteiger partial charge in [-0.1, -0.05) is 78.9 Å². The minimum Gasteiger partial charge on any atom is -0.496 e. The van der Waals surface area contributed by atoms with Gasteiger partial charge in [-0.2, -0.15) is 0 Å². The van der Waals surface area contributed by atoms with Crippen molar-refractivity contribution in [3.63, 3.8) is 0 Å². The molecule has 0 spiro atoms. The molecule has 6 heteroatoms. The summed E-state index contributed by atoms with van der Waals surface area (Å²) in [6, 6.07) is 26.2. The predicted molar refractivity (Wildman–Crippen MR) is 132 cm³/mol. The molecule has 6 nitrogen and oxygen atoms in total. The van der Waals surface area contributed by atoms with Crippen molar-refractivity contribution in [3.05, 3.63) is 102 Å². The number of carbonyl (C=O) groups excluding carboxylic acids is 2. The van der Waals surface area contributed by atoms with Crippen LogP contribution in [-0.2, 0) is 22.6 Å². The van der Waals surface area contributed by atoms with Gasteiger partial charge in [0.1, 0.15) is 17.8 Å². The second-order valence-corrected chi connectivity index (χ2v) is 8.54. The van der Waals surface area contributed by atoms with Crippen LogP contribution in [0.4, 0.5) is 0 Å². The number of nitrogens with one attached hydrogen (secondary N) is 1. The van der Waals surface area contributed by atoms with Crippen LogP contribution in [0.3, 0.4) is 0 Å². The third-order valence-corrected chi connectivity index (χ3v) is 6.27. The van der Waals surface area contributed by atoms with E-state index in [2.05, 4.69) is 5.32 Å². The molecule has 3 aromatic carbocycles. The minimum atomic E-state index is -0.595. The third kappa shape index (κ3) is 5.29. The molecule has 1 aliphatic heterocycles.